The zero-order valence-electron chi connectivity index (χ0n) is 15.0. The second-order valence-corrected chi connectivity index (χ2v) is 11.9. The maximum Gasteiger partial charge on any atom is 0.261 e. The van der Waals surface area contributed by atoms with Gasteiger partial charge < -0.3 is 4.43 Å². The first kappa shape index (κ1) is 17.2. The molecule has 0 fully saturated rings. The number of benzene rings is 2. The lowest BCUT2D eigenvalue weighted by Crippen LogP contribution is -2.67. The zero-order valence-corrected chi connectivity index (χ0v) is 16.0. The van der Waals surface area contributed by atoms with E-state index in [4.69, 9.17) is 4.43 Å². The fraction of sp³-hybridized carbons (Fsp3) is 0.364. The Bertz CT molecular complexity index is 631. The Morgan fingerprint density at radius 3 is 1.79 bits per heavy atom. The third-order valence-corrected chi connectivity index (χ3v) is 10.1. The summed E-state index contributed by atoms with van der Waals surface area (Å²) in [5, 5.41) is 2.81. The lowest BCUT2D eigenvalue weighted by molar-refractivity contribution is 0.177. The van der Waals surface area contributed by atoms with Gasteiger partial charge in [-0.3, -0.25) is 0 Å². The van der Waals surface area contributed by atoms with E-state index in [2.05, 4.69) is 93.6 Å². The molecule has 1 atom stereocenters. The number of rotatable bonds is 4. The van der Waals surface area contributed by atoms with Crippen molar-refractivity contribution in [1.82, 2.24) is 0 Å². The van der Waals surface area contributed by atoms with Gasteiger partial charge in [0.25, 0.3) is 8.32 Å². The first-order valence-electron chi connectivity index (χ1n) is 8.98. The maximum atomic E-state index is 7.10. The molecule has 0 bridgehead atoms. The van der Waals surface area contributed by atoms with Crippen LogP contribution in [-0.4, -0.2) is 14.4 Å². The van der Waals surface area contributed by atoms with Gasteiger partial charge in [0.1, 0.15) is 0 Å². The molecule has 0 radical (unpaired) electrons. The van der Waals surface area contributed by atoms with Crippen LogP contribution in [0.1, 0.15) is 40.0 Å². The first-order valence-corrected chi connectivity index (χ1v) is 10.9. The van der Waals surface area contributed by atoms with E-state index in [0.29, 0.717) is 6.10 Å². The van der Waals surface area contributed by atoms with Gasteiger partial charge in [0.2, 0.25) is 0 Å². The summed E-state index contributed by atoms with van der Waals surface area (Å²) in [5.41, 5.74) is 0. The SMILES string of the molecule is CC(C)(C)[Si](OC1CC=CCC1)(c1ccccc1)c1ccccc1. The van der Waals surface area contributed by atoms with E-state index in [-0.39, 0.29) is 5.04 Å². The molecule has 0 heterocycles. The van der Waals surface area contributed by atoms with Crippen molar-refractivity contribution < 1.29 is 4.43 Å². The van der Waals surface area contributed by atoms with Gasteiger partial charge in [0, 0.05) is 6.10 Å². The fourth-order valence-corrected chi connectivity index (χ4v) is 8.54. The highest BCUT2D eigenvalue weighted by Crippen LogP contribution is 2.38. The van der Waals surface area contributed by atoms with E-state index in [0.717, 1.165) is 19.3 Å². The topological polar surface area (TPSA) is 9.23 Å². The van der Waals surface area contributed by atoms with E-state index in [1.807, 2.05) is 0 Å². The molecule has 0 saturated carbocycles. The summed E-state index contributed by atoms with van der Waals surface area (Å²) in [6.45, 7) is 7.04. The van der Waals surface area contributed by atoms with Crippen LogP contribution in [0.25, 0.3) is 0 Å². The molecule has 2 heteroatoms. The van der Waals surface area contributed by atoms with Crippen molar-refractivity contribution in [2.75, 3.05) is 0 Å². The van der Waals surface area contributed by atoms with E-state index < -0.39 is 8.32 Å². The lowest BCUT2D eigenvalue weighted by atomic mass is 10.1. The van der Waals surface area contributed by atoms with E-state index in [1.54, 1.807) is 0 Å². The second kappa shape index (κ2) is 7.08. The number of allylic oxidation sites excluding steroid dienone is 1. The van der Waals surface area contributed by atoms with Gasteiger partial charge in [-0.15, -0.1) is 0 Å². The van der Waals surface area contributed by atoms with Gasteiger partial charge in [-0.25, -0.2) is 0 Å². The van der Waals surface area contributed by atoms with E-state index in [1.165, 1.54) is 10.4 Å². The average molecular weight is 337 g/mol. The Hall–Kier alpha value is -1.64. The van der Waals surface area contributed by atoms with Crippen LogP contribution in [0, 0.1) is 0 Å². The standard InChI is InChI=1S/C22H28OSi/c1-22(2,3)24(20-15-9-5-10-16-20,21-17-11-6-12-18-21)23-19-13-7-4-8-14-19/h4-7,9-12,15-19H,8,13-14H2,1-3H3. The number of hydrogen-bond acceptors (Lipinski definition) is 1. The van der Waals surface area contributed by atoms with Crippen LogP contribution in [0.15, 0.2) is 72.8 Å². The first-order chi connectivity index (χ1) is 11.5. The van der Waals surface area contributed by atoms with Crippen molar-refractivity contribution in [2.45, 2.75) is 51.2 Å². The van der Waals surface area contributed by atoms with Gasteiger partial charge in [0.05, 0.1) is 0 Å². The summed E-state index contributed by atoms with van der Waals surface area (Å²) < 4.78 is 7.10. The molecule has 2 aromatic rings. The van der Waals surface area contributed by atoms with Gasteiger partial charge in [-0.1, -0.05) is 93.6 Å². The van der Waals surface area contributed by atoms with Crippen LogP contribution < -0.4 is 10.4 Å². The Balaban J connectivity index is 2.15. The van der Waals surface area contributed by atoms with Crippen molar-refractivity contribution in [2.24, 2.45) is 0 Å². The highest BCUT2D eigenvalue weighted by molar-refractivity contribution is 6.99. The molecule has 0 N–H and O–H groups in total. The Morgan fingerprint density at radius 2 is 1.38 bits per heavy atom. The van der Waals surface area contributed by atoms with E-state index >= 15 is 0 Å². The minimum absolute atomic E-state index is 0.0663. The molecule has 2 aromatic carbocycles. The summed E-state index contributed by atoms with van der Waals surface area (Å²) in [7, 11) is -2.37. The van der Waals surface area contributed by atoms with Crippen LogP contribution in [0.3, 0.4) is 0 Å². The summed E-state index contributed by atoms with van der Waals surface area (Å²) in [4.78, 5) is 0. The normalized spacial score (nSPS) is 18.5. The molecule has 0 aromatic heterocycles. The van der Waals surface area contributed by atoms with Crippen LogP contribution in [-0.2, 0) is 4.43 Å². The lowest BCUT2D eigenvalue weighted by Gasteiger charge is -2.45. The molecular formula is C22H28OSi. The molecule has 1 unspecified atom stereocenters. The minimum atomic E-state index is -2.37. The third-order valence-electron chi connectivity index (χ3n) is 4.98. The fourth-order valence-electron chi connectivity index (χ4n) is 3.81. The van der Waals surface area contributed by atoms with Gasteiger partial charge >= 0.3 is 0 Å². The minimum Gasteiger partial charge on any atom is -0.404 e. The highest BCUT2D eigenvalue weighted by Gasteiger charge is 2.51. The second-order valence-electron chi connectivity index (χ2n) is 7.69. The molecule has 1 nitrogen and oxygen atoms in total. The van der Waals surface area contributed by atoms with E-state index in [9.17, 15) is 0 Å². The predicted octanol–water partition coefficient (Wildman–Crippen LogP) is 4.67. The van der Waals surface area contributed by atoms with Gasteiger partial charge in [0.15, 0.2) is 0 Å². The molecule has 126 valence electrons. The summed E-state index contributed by atoms with van der Waals surface area (Å²) in [6.07, 6.45) is 8.17. The van der Waals surface area contributed by atoms with Crippen molar-refractivity contribution in [3.63, 3.8) is 0 Å². The molecule has 0 saturated heterocycles. The Labute approximate surface area is 147 Å². The van der Waals surface area contributed by atoms with Crippen LogP contribution >= 0.6 is 0 Å². The third kappa shape index (κ3) is 3.26. The predicted molar refractivity (Wildman–Crippen MR) is 105 cm³/mol. The number of hydrogen-bond donors (Lipinski definition) is 0. The Morgan fingerprint density at radius 1 is 0.833 bits per heavy atom. The zero-order chi connectivity index (χ0) is 17.0. The molecule has 0 amide bonds. The molecule has 0 aliphatic heterocycles. The maximum absolute atomic E-state index is 7.10. The van der Waals surface area contributed by atoms with Crippen molar-refractivity contribution in [3.05, 3.63) is 72.8 Å². The monoisotopic (exact) mass is 336 g/mol. The summed E-state index contributed by atoms with van der Waals surface area (Å²) in [5.74, 6) is 0. The van der Waals surface area contributed by atoms with Crippen LogP contribution in [0.5, 0.6) is 0 Å². The Kier molecular flexibility index (Phi) is 5.07. The van der Waals surface area contributed by atoms with Crippen molar-refractivity contribution in [3.8, 4) is 0 Å². The highest BCUT2D eigenvalue weighted by atomic mass is 28.4. The molecule has 1 aliphatic carbocycles. The van der Waals surface area contributed by atoms with Crippen LogP contribution in [0.2, 0.25) is 5.04 Å². The van der Waals surface area contributed by atoms with Crippen molar-refractivity contribution in [1.29, 1.82) is 0 Å². The summed E-state index contributed by atoms with van der Waals surface area (Å²) in [6, 6.07) is 21.9. The average Bonchev–Trinajstić information content (AvgIpc) is 2.61. The smallest absolute Gasteiger partial charge is 0.261 e. The molecular weight excluding hydrogens is 308 g/mol. The van der Waals surface area contributed by atoms with Crippen molar-refractivity contribution >= 4 is 18.7 Å². The molecule has 3 rings (SSSR count). The largest absolute Gasteiger partial charge is 0.404 e. The molecule has 24 heavy (non-hydrogen) atoms. The molecule has 1 aliphatic rings. The van der Waals surface area contributed by atoms with Gasteiger partial charge in [-0.2, -0.15) is 0 Å². The van der Waals surface area contributed by atoms with Gasteiger partial charge in [-0.05, 0) is 34.7 Å². The van der Waals surface area contributed by atoms with Crippen LogP contribution in [0.4, 0.5) is 0 Å². The summed E-state index contributed by atoms with van der Waals surface area (Å²) >= 11 is 0. The molecule has 0 spiro atoms. The quantitative estimate of drug-likeness (QED) is 0.582.